The zero-order chi connectivity index (χ0) is 10.8. The van der Waals surface area contributed by atoms with E-state index in [2.05, 4.69) is 26.0 Å². The molecule has 0 saturated heterocycles. The summed E-state index contributed by atoms with van der Waals surface area (Å²) in [5, 5.41) is 12.9. The van der Waals surface area contributed by atoms with Crippen LogP contribution < -0.4 is 0 Å². The van der Waals surface area contributed by atoms with Gasteiger partial charge in [-0.3, -0.25) is 4.98 Å². The van der Waals surface area contributed by atoms with Crippen LogP contribution in [0.15, 0.2) is 35.3 Å². The number of rotatable bonds is 2. The van der Waals surface area contributed by atoms with Crippen LogP contribution in [0.5, 0.6) is 0 Å². The molecule has 2 rings (SSSR count). The maximum Gasteiger partial charge on any atom is 0.337 e. The number of carboxylic acids is 1. The van der Waals surface area contributed by atoms with Gasteiger partial charge >= 0.3 is 5.97 Å². The largest absolute Gasteiger partial charge is 0.478 e. The fourth-order valence-corrected chi connectivity index (χ4v) is 1.40. The molecule has 0 saturated carbocycles. The van der Waals surface area contributed by atoms with Crippen LogP contribution >= 0.6 is 15.9 Å². The second kappa shape index (κ2) is 3.82. The van der Waals surface area contributed by atoms with E-state index in [-0.39, 0.29) is 5.56 Å². The van der Waals surface area contributed by atoms with Crippen LogP contribution in [0.1, 0.15) is 10.4 Å². The molecule has 2 aromatic rings. The van der Waals surface area contributed by atoms with Gasteiger partial charge in [-0.15, -0.1) is 0 Å². The molecule has 0 spiro atoms. The van der Waals surface area contributed by atoms with Gasteiger partial charge in [-0.05, 0) is 28.1 Å². The molecule has 0 fully saturated rings. The molecule has 0 unspecified atom stereocenters. The van der Waals surface area contributed by atoms with E-state index in [1.807, 2.05) is 0 Å². The number of carboxylic acid groups (broad SMARTS) is 1. The van der Waals surface area contributed by atoms with E-state index >= 15 is 0 Å². The number of pyridine rings is 1. The highest BCUT2D eigenvalue weighted by Crippen LogP contribution is 2.11. The Kier molecular flexibility index (Phi) is 2.51. The standard InChI is InChI=1S/C9H6BrN3O2/c10-8-1-2-13(12-8)7-3-6(9(14)15)4-11-5-7/h1-5H,(H,14,15). The number of nitrogens with zero attached hydrogens (tertiary/aromatic N) is 3. The molecule has 5 nitrogen and oxygen atoms in total. The third kappa shape index (κ3) is 2.04. The van der Waals surface area contributed by atoms with E-state index in [0.717, 1.165) is 0 Å². The van der Waals surface area contributed by atoms with E-state index in [1.165, 1.54) is 12.3 Å². The van der Waals surface area contributed by atoms with Gasteiger partial charge in [0.2, 0.25) is 0 Å². The highest BCUT2D eigenvalue weighted by atomic mass is 79.9. The maximum absolute atomic E-state index is 10.7. The Balaban J connectivity index is 2.45. The number of aromatic carboxylic acids is 1. The van der Waals surface area contributed by atoms with Gasteiger partial charge in [0.15, 0.2) is 0 Å². The van der Waals surface area contributed by atoms with E-state index < -0.39 is 5.97 Å². The van der Waals surface area contributed by atoms with E-state index in [4.69, 9.17) is 5.11 Å². The van der Waals surface area contributed by atoms with Crippen molar-refractivity contribution in [3.05, 3.63) is 40.9 Å². The number of carbonyl (C=O) groups is 1. The van der Waals surface area contributed by atoms with Crippen LogP contribution in [0.25, 0.3) is 5.69 Å². The van der Waals surface area contributed by atoms with E-state index in [9.17, 15) is 4.79 Å². The minimum atomic E-state index is -1.00. The molecule has 15 heavy (non-hydrogen) atoms. The van der Waals surface area contributed by atoms with Crippen molar-refractivity contribution in [3.8, 4) is 5.69 Å². The Bertz CT molecular complexity index is 510. The lowest BCUT2D eigenvalue weighted by Gasteiger charge is -2.00. The highest BCUT2D eigenvalue weighted by Gasteiger charge is 2.05. The molecular formula is C9H6BrN3O2. The summed E-state index contributed by atoms with van der Waals surface area (Å²) in [6.45, 7) is 0. The minimum Gasteiger partial charge on any atom is -0.478 e. The molecule has 6 heteroatoms. The number of hydrogen-bond donors (Lipinski definition) is 1. The van der Waals surface area contributed by atoms with Crippen LogP contribution in [0.3, 0.4) is 0 Å². The van der Waals surface area contributed by atoms with Crippen molar-refractivity contribution in [1.29, 1.82) is 0 Å². The van der Waals surface area contributed by atoms with Crippen LogP contribution in [0.4, 0.5) is 0 Å². The highest BCUT2D eigenvalue weighted by molar-refractivity contribution is 9.10. The van der Waals surface area contributed by atoms with Gasteiger partial charge < -0.3 is 5.11 Å². The molecule has 0 aliphatic rings. The van der Waals surface area contributed by atoms with Crippen molar-refractivity contribution >= 4 is 21.9 Å². The van der Waals surface area contributed by atoms with Crippen LogP contribution in [-0.2, 0) is 0 Å². The first-order valence-electron chi connectivity index (χ1n) is 4.07. The summed E-state index contributed by atoms with van der Waals surface area (Å²) in [6, 6.07) is 3.27. The molecule has 1 N–H and O–H groups in total. The zero-order valence-corrected chi connectivity index (χ0v) is 9.05. The van der Waals surface area contributed by atoms with Crippen LogP contribution in [0, 0.1) is 0 Å². The molecule has 0 amide bonds. The van der Waals surface area contributed by atoms with Crippen molar-refractivity contribution in [2.45, 2.75) is 0 Å². The summed E-state index contributed by atoms with van der Waals surface area (Å²) in [5.74, 6) is -1.00. The Morgan fingerprint density at radius 3 is 2.87 bits per heavy atom. The molecule has 0 radical (unpaired) electrons. The van der Waals surface area contributed by atoms with Crippen LogP contribution in [-0.4, -0.2) is 25.8 Å². The van der Waals surface area contributed by atoms with E-state index in [0.29, 0.717) is 10.3 Å². The Morgan fingerprint density at radius 2 is 2.27 bits per heavy atom. The number of aromatic nitrogens is 3. The third-order valence-electron chi connectivity index (χ3n) is 1.79. The summed E-state index contributed by atoms with van der Waals surface area (Å²) in [6.07, 6.45) is 4.56. The van der Waals surface area contributed by atoms with Crippen molar-refractivity contribution in [3.63, 3.8) is 0 Å². The molecule has 0 aliphatic carbocycles. The average molecular weight is 268 g/mol. The first-order valence-corrected chi connectivity index (χ1v) is 4.86. The lowest BCUT2D eigenvalue weighted by molar-refractivity contribution is 0.0696. The first-order chi connectivity index (χ1) is 7.16. The quantitative estimate of drug-likeness (QED) is 0.900. The normalized spacial score (nSPS) is 10.2. The summed E-state index contributed by atoms with van der Waals surface area (Å²) in [7, 11) is 0. The monoisotopic (exact) mass is 267 g/mol. The lowest BCUT2D eigenvalue weighted by atomic mass is 10.3. The molecule has 2 aromatic heterocycles. The van der Waals surface area contributed by atoms with Gasteiger partial charge in [0.1, 0.15) is 4.60 Å². The SMILES string of the molecule is O=C(O)c1cncc(-n2ccc(Br)n2)c1. The minimum absolute atomic E-state index is 0.138. The maximum atomic E-state index is 10.7. The van der Waals surface area contributed by atoms with Crippen molar-refractivity contribution in [2.75, 3.05) is 0 Å². The Morgan fingerprint density at radius 1 is 1.47 bits per heavy atom. The fourth-order valence-electron chi connectivity index (χ4n) is 1.12. The topological polar surface area (TPSA) is 68.0 Å². The lowest BCUT2D eigenvalue weighted by Crippen LogP contribution is -2.01. The number of hydrogen-bond acceptors (Lipinski definition) is 3. The van der Waals surface area contributed by atoms with Crippen LogP contribution in [0.2, 0.25) is 0 Å². The Labute approximate surface area is 93.5 Å². The summed E-state index contributed by atoms with van der Waals surface area (Å²) in [4.78, 5) is 14.5. The van der Waals surface area contributed by atoms with Gasteiger partial charge in [0, 0.05) is 12.4 Å². The molecule has 0 bridgehead atoms. The molecular weight excluding hydrogens is 262 g/mol. The van der Waals surface area contributed by atoms with Gasteiger partial charge in [-0.25, -0.2) is 9.48 Å². The Hall–Kier alpha value is -1.69. The summed E-state index contributed by atoms with van der Waals surface area (Å²) in [5.41, 5.74) is 0.750. The van der Waals surface area contributed by atoms with Gasteiger partial charge in [-0.1, -0.05) is 0 Å². The smallest absolute Gasteiger partial charge is 0.337 e. The second-order valence-corrected chi connectivity index (χ2v) is 3.63. The molecule has 0 aliphatic heterocycles. The van der Waals surface area contributed by atoms with Crippen molar-refractivity contribution in [1.82, 2.24) is 14.8 Å². The number of halogens is 1. The predicted octanol–water partition coefficient (Wildman–Crippen LogP) is 1.73. The van der Waals surface area contributed by atoms with Gasteiger partial charge in [-0.2, -0.15) is 5.10 Å². The second-order valence-electron chi connectivity index (χ2n) is 2.82. The molecule has 76 valence electrons. The molecule has 2 heterocycles. The summed E-state index contributed by atoms with van der Waals surface area (Å²) < 4.78 is 2.23. The first kappa shape index (κ1) is 9.85. The van der Waals surface area contributed by atoms with Gasteiger partial charge in [0.05, 0.1) is 17.4 Å². The van der Waals surface area contributed by atoms with E-state index in [1.54, 1.807) is 23.1 Å². The summed E-state index contributed by atoms with van der Waals surface area (Å²) >= 11 is 3.21. The third-order valence-corrected chi connectivity index (χ3v) is 2.21. The molecule has 0 atom stereocenters. The van der Waals surface area contributed by atoms with Crippen molar-refractivity contribution in [2.24, 2.45) is 0 Å². The van der Waals surface area contributed by atoms with Gasteiger partial charge in [0.25, 0.3) is 0 Å². The average Bonchev–Trinajstić information content (AvgIpc) is 2.65. The zero-order valence-electron chi connectivity index (χ0n) is 7.46. The fraction of sp³-hybridized carbons (Fsp3) is 0. The molecule has 0 aromatic carbocycles. The predicted molar refractivity (Wildman–Crippen MR) is 56.0 cm³/mol. The van der Waals surface area contributed by atoms with Crippen molar-refractivity contribution < 1.29 is 9.90 Å².